The van der Waals surface area contributed by atoms with E-state index in [1.54, 1.807) is 13.0 Å². The van der Waals surface area contributed by atoms with Crippen LogP contribution in [0.2, 0.25) is 0 Å². The van der Waals surface area contributed by atoms with E-state index in [0.29, 0.717) is 12.1 Å². The largest absolute Gasteiger partial charge is 0.374 e. The molecule has 0 aliphatic carbocycles. The van der Waals surface area contributed by atoms with Crippen LogP contribution in [-0.2, 0) is 11.3 Å². The van der Waals surface area contributed by atoms with Gasteiger partial charge in [0.15, 0.2) is 5.96 Å². The van der Waals surface area contributed by atoms with E-state index in [1.165, 1.54) is 6.07 Å². The SMILES string of the molecule is CCNC(=NCc1ccc(F)c(C)c1)NCC1CN(C)CCO1. The second kappa shape index (κ2) is 8.84. The zero-order chi connectivity index (χ0) is 16.7. The Kier molecular flexibility index (Phi) is 6.80. The smallest absolute Gasteiger partial charge is 0.191 e. The van der Waals surface area contributed by atoms with Crippen LogP contribution < -0.4 is 10.6 Å². The minimum Gasteiger partial charge on any atom is -0.374 e. The first kappa shape index (κ1) is 17.7. The highest BCUT2D eigenvalue weighted by molar-refractivity contribution is 5.79. The van der Waals surface area contributed by atoms with Crippen molar-refractivity contribution >= 4 is 5.96 Å². The fourth-order valence-corrected chi connectivity index (χ4v) is 2.52. The van der Waals surface area contributed by atoms with Gasteiger partial charge in [-0.25, -0.2) is 9.38 Å². The number of aliphatic imine (C=N–C) groups is 1. The second-order valence-electron chi connectivity index (χ2n) is 5.91. The summed E-state index contributed by atoms with van der Waals surface area (Å²) >= 11 is 0. The number of likely N-dealkylation sites (N-methyl/N-ethyl adjacent to an activating group) is 1. The van der Waals surface area contributed by atoms with Crippen LogP contribution >= 0.6 is 0 Å². The van der Waals surface area contributed by atoms with Crippen molar-refractivity contribution < 1.29 is 9.13 Å². The number of nitrogens with one attached hydrogen (secondary N) is 2. The van der Waals surface area contributed by atoms with Gasteiger partial charge in [-0.1, -0.05) is 12.1 Å². The highest BCUT2D eigenvalue weighted by Crippen LogP contribution is 2.10. The summed E-state index contributed by atoms with van der Waals surface area (Å²) in [5.41, 5.74) is 1.64. The molecule has 1 aliphatic rings. The molecular weight excluding hydrogens is 295 g/mol. The van der Waals surface area contributed by atoms with Crippen LogP contribution in [0.15, 0.2) is 23.2 Å². The zero-order valence-electron chi connectivity index (χ0n) is 14.2. The molecule has 1 heterocycles. The first-order valence-corrected chi connectivity index (χ1v) is 8.16. The number of ether oxygens (including phenoxy) is 1. The van der Waals surface area contributed by atoms with Gasteiger partial charge in [0.2, 0.25) is 0 Å². The topological polar surface area (TPSA) is 48.9 Å². The Morgan fingerprint density at radius 3 is 2.96 bits per heavy atom. The van der Waals surface area contributed by atoms with Crippen molar-refractivity contribution in [3.8, 4) is 0 Å². The third-order valence-electron chi connectivity index (χ3n) is 3.83. The third kappa shape index (κ3) is 5.80. The molecule has 1 aliphatic heterocycles. The number of hydrogen-bond acceptors (Lipinski definition) is 3. The molecule has 1 aromatic rings. The highest BCUT2D eigenvalue weighted by Gasteiger charge is 2.17. The van der Waals surface area contributed by atoms with Gasteiger partial charge < -0.3 is 20.3 Å². The lowest BCUT2D eigenvalue weighted by molar-refractivity contribution is -0.0161. The molecule has 2 N–H and O–H groups in total. The Labute approximate surface area is 137 Å². The molecule has 1 unspecified atom stereocenters. The standard InChI is InChI=1S/C17H27FN4O/c1-4-19-17(21-11-15-12-22(3)7-8-23-15)20-10-14-5-6-16(18)13(2)9-14/h5-6,9,15H,4,7-8,10-12H2,1-3H3,(H2,19,20,21). The van der Waals surface area contributed by atoms with Crippen LogP contribution in [0.4, 0.5) is 4.39 Å². The molecule has 128 valence electrons. The predicted octanol–water partition coefficient (Wildman–Crippen LogP) is 1.52. The molecule has 0 amide bonds. The van der Waals surface area contributed by atoms with E-state index in [4.69, 9.17) is 4.74 Å². The molecule has 23 heavy (non-hydrogen) atoms. The summed E-state index contributed by atoms with van der Waals surface area (Å²) in [5.74, 6) is 0.577. The van der Waals surface area contributed by atoms with Crippen molar-refractivity contribution in [3.63, 3.8) is 0 Å². The van der Waals surface area contributed by atoms with Crippen LogP contribution in [-0.4, -0.2) is 56.8 Å². The summed E-state index contributed by atoms with van der Waals surface area (Å²) in [6, 6.07) is 5.10. The molecular formula is C17H27FN4O. The van der Waals surface area contributed by atoms with Crippen molar-refractivity contribution in [1.82, 2.24) is 15.5 Å². The van der Waals surface area contributed by atoms with Gasteiger partial charge >= 0.3 is 0 Å². The quantitative estimate of drug-likeness (QED) is 0.637. The normalized spacial score (nSPS) is 19.7. The lowest BCUT2D eigenvalue weighted by atomic mass is 10.1. The number of halogens is 1. The molecule has 2 rings (SSSR count). The Morgan fingerprint density at radius 1 is 1.43 bits per heavy atom. The molecule has 0 radical (unpaired) electrons. The Hall–Kier alpha value is -1.66. The molecule has 5 nitrogen and oxygen atoms in total. The van der Waals surface area contributed by atoms with Crippen LogP contribution in [0.5, 0.6) is 0 Å². The molecule has 0 aromatic heterocycles. The van der Waals surface area contributed by atoms with Crippen molar-refractivity contribution in [1.29, 1.82) is 0 Å². The second-order valence-corrected chi connectivity index (χ2v) is 5.91. The predicted molar refractivity (Wildman–Crippen MR) is 91.2 cm³/mol. The molecule has 0 saturated carbocycles. The van der Waals surface area contributed by atoms with Crippen LogP contribution in [0.1, 0.15) is 18.1 Å². The van der Waals surface area contributed by atoms with E-state index >= 15 is 0 Å². The summed E-state index contributed by atoms with van der Waals surface area (Å²) in [6.07, 6.45) is 0.172. The highest BCUT2D eigenvalue weighted by atomic mass is 19.1. The first-order chi connectivity index (χ1) is 11.1. The van der Waals surface area contributed by atoms with E-state index in [2.05, 4.69) is 27.6 Å². The molecule has 0 spiro atoms. The molecule has 1 saturated heterocycles. The Bertz CT molecular complexity index is 535. The Balaban J connectivity index is 1.89. The van der Waals surface area contributed by atoms with E-state index < -0.39 is 0 Å². The average Bonchev–Trinajstić information content (AvgIpc) is 2.53. The summed E-state index contributed by atoms with van der Waals surface area (Å²) in [7, 11) is 2.10. The maximum absolute atomic E-state index is 13.3. The van der Waals surface area contributed by atoms with E-state index in [0.717, 1.165) is 44.3 Å². The third-order valence-corrected chi connectivity index (χ3v) is 3.83. The number of aryl methyl sites for hydroxylation is 1. The zero-order valence-corrected chi connectivity index (χ0v) is 14.2. The van der Waals surface area contributed by atoms with Crippen molar-refractivity contribution in [2.45, 2.75) is 26.5 Å². The van der Waals surface area contributed by atoms with Crippen LogP contribution in [0.3, 0.4) is 0 Å². The fourth-order valence-electron chi connectivity index (χ4n) is 2.52. The molecule has 6 heteroatoms. The Morgan fingerprint density at radius 2 is 2.26 bits per heavy atom. The van der Waals surface area contributed by atoms with Crippen molar-refractivity contribution in [2.75, 3.05) is 39.8 Å². The summed E-state index contributed by atoms with van der Waals surface area (Å²) in [5, 5.41) is 6.55. The summed E-state index contributed by atoms with van der Waals surface area (Å²) in [6.45, 7) is 8.50. The van der Waals surface area contributed by atoms with Gasteiger partial charge in [-0.15, -0.1) is 0 Å². The van der Waals surface area contributed by atoms with Gasteiger partial charge in [0.25, 0.3) is 0 Å². The number of benzene rings is 1. The van der Waals surface area contributed by atoms with E-state index in [1.807, 2.05) is 13.0 Å². The summed E-state index contributed by atoms with van der Waals surface area (Å²) in [4.78, 5) is 6.83. The first-order valence-electron chi connectivity index (χ1n) is 8.16. The lowest BCUT2D eigenvalue weighted by Crippen LogP contribution is -2.48. The number of morpholine rings is 1. The fraction of sp³-hybridized carbons (Fsp3) is 0.588. The lowest BCUT2D eigenvalue weighted by Gasteiger charge is -2.30. The number of nitrogens with zero attached hydrogens (tertiary/aromatic N) is 2. The molecule has 1 aromatic carbocycles. The molecule has 1 atom stereocenters. The molecule has 0 bridgehead atoms. The van der Waals surface area contributed by atoms with Crippen molar-refractivity contribution in [3.05, 3.63) is 35.1 Å². The number of hydrogen-bond donors (Lipinski definition) is 2. The monoisotopic (exact) mass is 322 g/mol. The maximum atomic E-state index is 13.3. The number of guanidine groups is 1. The van der Waals surface area contributed by atoms with Crippen LogP contribution in [0, 0.1) is 12.7 Å². The van der Waals surface area contributed by atoms with E-state index in [-0.39, 0.29) is 11.9 Å². The summed E-state index contributed by atoms with van der Waals surface area (Å²) < 4.78 is 19.0. The van der Waals surface area contributed by atoms with Gasteiger partial charge in [-0.2, -0.15) is 0 Å². The molecule has 1 fully saturated rings. The van der Waals surface area contributed by atoms with Gasteiger partial charge in [-0.05, 0) is 38.1 Å². The van der Waals surface area contributed by atoms with Gasteiger partial charge in [0, 0.05) is 26.2 Å². The minimum atomic E-state index is -0.179. The van der Waals surface area contributed by atoms with E-state index in [9.17, 15) is 4.39 Å². The van der Waals surface area contributed by atoms with Gasteiger partial charge in [0.1, 0.15) is 5.82 Å². The van der Waals surface area contributed by atoms with Gasteiger partial charge in [-0.3, -0.25) is 0 Å². The van der Waals surface area contributed by atoms with Gasteiger partial charge in [0.05, 0.1) is 19.3 Å². The minimum absolute atomic E-state index is 0.172. The average molecular weight is 322 g/mol. The van der Waals surface area contributed by atoms with Crippen molar-refractivity contribution in [2.24, 2.45) is 4.99 Å². The van der Waals surface area contributed by atoms with Crippen LogP contribution in [0.25, 0.3) is 0 Å². The number of rotatable bonds is 5. The maximum Gasteiger partial charge on any atom is 0.191 e.